The predicted octanol–water partition coefficient (Wildman–Crippen LogP) is 5.20. The smallest absolute Gasteiger partial charge is 0.0653 e. The van der Waals surface area contributed by atoms with E-state index in [4.69, 9.17) is 4.74 Å². The molecule has 1 heterocycles. The van der Waals surface area contributed by atoms with Gasteiger partial charge < -0.3 is 4.74 Å². The number of ether oxygens (including phenoxy) is 1. The second kappa shape index (κ2) is 5.12. The molecule has 4 rings (SSSR count). The maximum Gasteiger partial charge on any atom is 0.0653 e. The summed E-state index contributed by atoms with van der Waals surface area (Å²) in [6, 6.07) is 0. The third-order valence-electron chi connectivity index (χ3n) is 6.89. The molecule has 0 aromatic rings. The molecule has 3 aliphatic carbocycles. The van der Waals surface area contributed by atoms with Crippen LogP contribution >= 0.6 is 0 Å². The molecule has 0 radical (unpaired) electrons. The summed E-state index contributed by atoms with van der Waals surface area (Å²) >= 11 is 0. The van der Waals surface area contributed by atoms with Crippen molar-refractivity contribution in [1.29, 1.82) is 0 Å². The standard InChI is InChI=1S/C20H28O/c1-14-5-8-19-18-7-6-15-10-13-21-12-3-4-16(15)17(18)9-11-20(14,19)2/h10,18-19H,1,3-9,11-13H2,2H3/b15-10-/t18?,19?,20-/m1/s1. The van der Waals surface area contributed by atoms with Gasteiger partial charge in [-0.3, -0.25) is 0 Å². The lowest BCUT2D eigenvalue weighted by molar-refractivity contribution is 0.141. The summed E-state index contributed by atoms with van der Waals surface area (Å²) in [6.45, 7) is 8.68. The van der Waals surface area contributed by atoms with Crippen molar-refractivity contribution < 1.29 is 4.74 Å². The Labute approximate surface area is 129 Å². The number of hydrogen-bond acceptors (Lipinski definition) is 1. The lowest BCUT2D eigenvalue weighted by Crippen LogP contribution is -2.37. The fourth-order valence-corrected chi connectivity index (χ4v) is 5.58. The molecule has 0 N–H and O–H groups in total. The van der Waals surface area contributed by atoms with E-state index in [0.29, 0.717) is 5.41 Å². The largest absolute Gasteiger partial charge is 0.377 e. The maximum atomic E-state index is 5.65. The molecule has 0 aromatic carbocycles. The van der Waals surface area contributed by atoms with E-state index in [1.807, 2.05) is 5.57 Å². The van der Waals surface area contributed by atoms with E-state index in [-0.39, 0.29) is 0 Å². The zero-order valence-electron chi connectivity index (χ0n) is 13.4. The minimum atomic E-state index is 0.445. The Balaban J connectivity index is 1.73. The van der Waals surface area contributed by atoms with Crippen LogP contribution in [0.3, 0.4) is 0 Å². The van der Waals surface area contributed by atoms with Crippen molar-refractivity contribution in [2.75, 3.05) is 13.2 Å². The van der Waals surface area contributed by atoms with Crippen molar-refractivity contribution in [3.8, 4) is 0 Å². The zero-order valence-corrected chi connectivity index (χ0v) is 13.4. The number of hydrogen-bond donors (Lipinski definition) is 0. The number of fused-ring (bicyclic) bond motifs is 4. The van der Waals surface area contributed by atoms with Crippen molar-refractivity contribution in [2.45, 2.75) is 58.3 Å². The van der Waals surface area contributed by atoms with Gasteiger partial charge in [-0.2, -0.15) is 0 Å². The molecular weight excluding hydrogens is 256 g/mol. The van der Waals surface area contributed by atoms with Crippen molar-refractivity contribution in [3.05, 3.63) is 34.9 Å². The molecule has 21 heavy (non-hydrogen) atoms. The van der Waals surface area contributed by atoms with Crippen molar-refractivity contribution in [2.24, 2.45) is 17.3 Å². The molecule has 1 heteroatoms. The number of rotatable bonds is 0. The lowest BCUT2D eigenvalue weighted by atomic mass is 9.57. The maximum absolute atomic E-state index is 5.65. The van der Waals surface area contributed by atoms with Gasteiger partial charge in [-0.1, -0.05) is 30.7 Å². The van der Waals surface area contributed by atoms with Crippen LogP contribution in [0.25, 0.3) is 0 Å². The first-order valence-corrected chi connectivity index (χ1v) is 8.87. The van der Waals surface area contributed by atoms with Crippen molar-refractivity contribution in [1.82, 2.24) is 0 Å². The fourth-order valence-electron chi connectivity index (χ4n) is 5.58. The highest BCUT2D eigenvalue weighted by Gasteiger charge is 2.50. The molecule has 3 atom stereocenters. The summed E-state index contributed by atoms with van der Waals surface area (Å²) in [5.41, 5.74) is 7.20. The molecule has 0 amide bonds. The summed E-state index contributed by atoms with van der Waals surface area (Å²) < 4.78 is 5.65. The summed E-state index contributed by atoms with van der Waals surface area (Å²) in [4.78, 5) is 0. The fraction of sp³-hybridized carbons (Fsp3) is 0.700. The monoisotopic (exact) mass is 284 g/mol. The predicted molar refractivity (Wildman–Crippen MR) is 87.1 cm³/mol. The van der Waals surface area contributed by atoms with Crippen molar-refractivity contribution in [3.63, 3.8) is 0 Å². The zero-order chi connectivity index (χ0) is 14.4. The highest BCUT2D eigenvalue weighted by molar-refractivity contribution is 5.42. The third kappa shape index (κ3) is 2.08. The Morgan fingerprint density at radius 3 is 3.00 bits per heavy atom. The number of allylic oxidation sites excluding steroid dienone is 4. The average Bonchev–Trinajstić information content (AvgIpc) is 2.75. The van der Waals surface area contributed by atoms with E-state index in [1.54, 1.807) is 16.7 Å². The van der Waals surface area contributed by atoms with Gasteiger partial charge in [0.15, 0.2) is 0 Å². The van der Waals surface area contributed by atoms with Gasteiger partial charge in [-0.15, -0.1) is 0 Å². The van der Waals surface area contributed by atoms with E-state index in [1.165, 1.54) is 51.4 Å². The summed E-state index contributed by atoms with van der Waals surface area (Å²) in [6.07, 6.45) is 12.8. The highest BCUT2D eigenvalue weighted by Crippen LogP contribution is 2.61. The normalized spacial score (nSPS) is 42.3. The Bertz CT molecular complexity index is 524. The minimum Gasteiger partial charge on any atom is -0.377 e. The molecule has 2 saturated carbocycles. The van der Waals surface area contributed by atoms with Gasteiger partial charge in [0.25, 0.3) is 0 Å². The van der Waals surface area contributed by atoms with Gasteiger partial charge in [0, 0.05) is 6.61 Å². The molecule has 0 spiro atoms. The van der Waals surface area contributed by atoms with Gasteiger partial charge in [0.05, 0.1) is 6.61 Å². The topological polar surface area (TPSA) is 9.23 Å². The van der Waals surface area contributed by atoms with E-state index in [2.05, 4.69) is 19.6 Å². The van der Waals surface area contributed by atoms with Crippen LogP contribution < -0.4 is 0 Å². The molecule has 1 nitrogen and oxygen atoms in total. The molecule has 0 bridgehead atoms. The van der Waals surface area contributed by atoms with Gasteiger partial charge >= 0.3 is 0 Å². The van der Waals surface area contributed by atoms with Gasteiger partial charge in [-0.25, -0.2) is 0 Å². The molecule has 1 aliphatic heterocycles. The van der Waals surface area contributed by atoms with Crippen LogP contribution in [-0.2, 0) is 4.74 Å². The SMILES string of the molecule is C=C1CCC2C3CC/C4=C/COCCCC4=C3CC[C@]12C. The van der Waals surface area contributed by atoms with Gasteiger partial charge in [0.1, 0.15) is 0 Å². The Hall–Kier alpha value is -0.820. The summed E-state index contributed by atoms with van der Waals surface area (Å²) in [5, 5.41) is 0. The second-order valence-electron chi connectivity index (χ2n) is 7.72. The van der Waals surface area contributed by atoms with Crippen LogP contribution in [0, 0.1) is 17.3 Å². The van der Waals surface area contributed by atoms with Crippen LogP contribution in [0.2, 0.25) is 0 Å². The van der Waals surface area contributed by atoms with Crippen LogP contribution in [0.1, 0.15) is 58.3 Å². The molecule has 0 aromatic heterocycles. The van der Waals surface area contributed by atoms with Crippen LogP contribution in [0.4, 0.5) is 0 Å². The molecule has 2 fully saturated rings. The lowest BCUT2D eigenvalue weighted by Gasteiger charge is -2.47. The third-order valence-corrected chi connectivity index (χ3v) is 6.89. The van der Waals surface area contributed by atoms with E-state index >= 15 is 0 Å². The van der Waals surface area contributed by atoms with Crippen LogP contribution in [0.5, 0.6) is 0 Å². The Morgan fingerprint density at radius 1 is 1.19 bits per heavy atom. The molecular formula is C20H28O. The molecule has 4 aliphatic rings. The highest BCUT2D eigenvalue weighted by atomic mass is 16.5. The minimum absolute atomic E-state index is 0.445. The van der Waals surface area contributed by atoms with Crippen molar-refractivity contribution >= 4 is 0 Å². The summed E-state index contributed by atoms with van der Waals surface area (Å²) in [7, 11) is 0. The van der Waals surface area contributed by atoms with Crippen LogP contribution in [0.15, 0.2) is 34.9 Å². The Morgan fingerprint density at radius 2 is 2.10 bits per heavy atom. The summed E-state index contributed by atoms with van der Waals surface area (Å²) in [5.74, 6) is 1.74. The van der Waals surface area contributed by atoms with Crippen LogP contribution in [-0.4, -0.2) is 13.2 Å². The molecule has 2 unspecified atom stereocenters. The van der Waals surface area contributed by atoms with Gasteiger partial charge in [0.2, 0.25) is 0 Å². The first-order chi connectivity index (χ1) is 10.2. The van der Waals surface area contributed by atoms with E-state index in [0.717, 1.165) is 25.0 Å². The van der Waals surface area contributed by atoms with E-state index < -0.39 is 0 Å². The molecule has 114 valence electrons. The second-order valence-corrected chi connectivity index (χ2v) is 7.72. The average molecular weight is 284 g/mol. The first kappa shape index (κ1) is 13.8. The quantitative estimate of drug-likeness (QED) is 0.556. The Kier molecular flexibility index (Phi) is 3.37. The van der Waals surface area contributed by atoms with Gasteiger partial charge in [-0.05, 0) is 79.8 Å². The first-order valence-electron chi connectivity index (χ1n) is 8.87. The van der Waals surface area contributed by atoms with E-state index in [9.17, 15) is 0 Å². The molecule has 0 saturated heterocycles.